The number of amides is 2. The highest BCUT2D eigenvalue weighted by atomic mass is 79.9. The number of hydrazine groups is 1. The Hall–Kier alpha value is -2.54. The molecular formula is C18H19BrN2O4. The lowest BCUT2D eigenvalue weighted by Crippen LogP contribution is -2.41. The average Bonchev–Trinajstić information content (AvgIpc) is 2.62. The lowest BCUT2D eigenvalue weighted by atomic mass is 10.2. The normalized spacial score (nSPS) is 10.0. The molecule has 0 spiro atoms. The minimum absolute atomic E-state index is 0.350. The summed E-state index contributed by atoms with van der Waals surface area (Å²) in [6, 6.07) is 11.6. The molecule has 7 heteroatoms. The van der Waals surface area contributed by atoms with Crippen LogP contribution in [0.4, 0.5) is 0 Å². The molecule has 132 valence electrons. The number of carbonyl (C=O) groups excluding carboxylic acids is 2. The van der Waals surface area contributed by atoms with E-state index in [0.29, 0.717) is 35.8 Å². The summed E-state index contributed by atoms with van der Waals surface area (Å²) in [6.45, 7) is 4.66. The second-order valence-electron chi connectivity index (χ2n) is 4.94. The second kappa shape index (κ2) is 9.08. The van der Waals surface area contributed by atoms with Crippen molar-refractivity contribution in [3.05, 3.63) is 58.1 Å². The molecule has 0 aliphatic carbocycles. The zero-order valence-corrected chi connectivity index (χ0v) is 15.6. The number of rotatable bonds is 6. The van der Waals surface area contributed by atoms with Gasteiger partial charge >= 0.3 is 0 Å². The molecule has 25 heavy (non-hydrogen) atoms. The lowest BCUT2D eigenvalue weighted by molar-refractivity contribution is 0.0846. The number of nitrogens with one attached hydrogen (secondary N) is 2. The Labute approximate surface area is 154 Å². The molecule has 2 amide bonds. The van der Waals surface area contributed by atoms with Crippen molar-refractivity contribution >= 4 is 27.7 Å². The van der Waals surface area contributed by atoms with Gasteiger partial charge in [0.05, 0.1) is 13.2 Å². The van der Waals surface area contributed by atoms with Gasteiger partial charge in [-0.15, -0.1) is 0 Å². The fourth-order valence-electron chi connectivity index (χ4n) is 2.05. The molecule has 2 aromatic carbocycles. The van der Waals surface area contributed by atoms with Crippen molar-refractivity contribution in [2.24, 2.45) is 0 Å². The van der Waals surface area contributed by atoms with Crippen LogP contribution >= 0.6 is 15.9 Å². The van der Waals surface area contributed by atoms with E-state index in [1.165, 1.54) is 0 Å². The fourth-order valence-corrected chi connectivity index (χ4v) is 2.32. The number of carbonyl (C=O) groups is 2. The predicted octanol–water partition coefficient (Wildman–Crippen LogP) is 3.32. The smallest absolute Gasteiger partial charge is 0.269 e. The van der Waals surface area contributed by atoms with Crippen LogP contribution in [0.5, 0.6) is 11.5 Å². The van der Waals surface area contributed by atoms with Crippen molar-refractivity contribution in [1.82, 2.24) is 10.9 Å². The number of hydrogen-bond acceptors (Lipinski definition) is 4. The Balaban J connectivity index is 2.03. The molecule has 0 heterocycles. The van der Waals surface area contributed by atoms with E-state index in [0.717, 1.165) is 4.47 Å². The highest BCUT2D eigenvalue weighted by Gasteiger charge is 2.13. The summed E-state index contributed by atoms with van der Waals surface area (Å²) >= 11 is 3.30. The first kappa shape index (κ1) is 18.8. The zero-order valence-electron chi connectivity index (χ0n) is 14.0. The largest absolute Gasteiger partial charge is 0.490 e. The van der Waals surface area contributed by atoms with Crippen LogP contribution in [0.2, 0.25) is 0 Å². The van der Waals surface area contributed by atoms with E-state index in [1.807, 2.05) is 13.8 Å². The van der Waals surface area contributed by atoms with Gasteiger partial charge in [0.1, 0.15) is 0 Å². The molecule has 0 aromatic heterocycles. The molecule has 0 saturated heterocycles. The maximum atomic E-state index is 12.2. The third-order valence-corrected chi connectivity index (χ3v) is 3.73. The molecule has 0 saturated carbocycles. The summed E-state index contributed by atoms with van der Waals surface area (Å²) in [7, 11) is 0. The first-order valence-corrected chi connectivity index (χ1v) is 8.60. The van der Waals surface area contributed by atoms with Crippen molar-refractivity contribution in [2.75, 3.05) is 13.2 Å². The third-order valence-electron chi connectivity index (χ3n) is 3.20. The summed E-state index contributed by atoms with van der Waals surface area (Å²) in [6.07, 6.45) is 0. The van der Waals surface area contributed by atoms with Gasteiger partial charge in [-0.3, -0.25) is 20.4 Å². The number of benzene rings is 2. The van der Waals surface area contributed by atoms with E-state index in [9.17, 15) is 9.59 Å². The van der Waals surface area contributed by atoms with Gasteiger partial charge in [0.15, 0.2) is 11.5 Å². The van der Waals surface area contributed by atoms with Crippen molar-refractivity contribution < 1.29 is 19.1 Å². The summed E-state index contributed by atoms with van der Waals surface area (Å²) in [5.41, 5.74) is 5.55. The van der Waals surface area contributed by atoms with Gasteiger partial charge in [-0.05, 0) is 56.3 Å². The third kappa shape index (κ3) is 5.22. The molecule has 2 aromatic rings. The SMILES string of the molecule is CCOc1ccc(C(=O)NNC(=O)c2ccc(Br)cc2)cc1OCC. The quantitative estimate of drug-likeness (QED) is 0.721. The van der Waals surface area contributed by atoms with Crippen molar-refractivity contribution in [1.29, 1.82) is 0 Å². The van der Waals surface area contributed by atoms with Crippen molar-refractivity contribution in [3.63, 3.8) is 0 Å². The fraction of sp³-hybridized carbons (Fsp3) is 0.222. The van der Waals surface area contributed by atoms with Crippen LogP contribution in [-0.2, 0) is 0 Å². The number of halogens is 1. The molecule has 0 aliphatic heterocycles. The molecule has 0 unspecified atom stereocenters. The Bertz CT molecular complexity index is 747. The van der Waals surface area contributed by atoms with Crippen LogP contribution < -0.4 is 20.3 Å². The summed E-state index contributed by atoms with van der Waals surface area (Å²) < 4.78 is 11.8. The van der Waals surface area contributed by atoms with Crippen LogP contribution in [0.1, 0.15) is 34.6 Å². The van der Waals surface area contributed by atoms with Gasteiger partial charge < -0.3 is 9.47 Å². The van der Waals surface area contributed by atoms with Gasteiger partial charge in [-0.25, -0.2) is 0 Å². The molecule has 0 fully saturated rings. The van der Waals surface area contributed by atoms with E-state index in [1.54, 1.807) is 42.5 Å². The lowest BCUT2D eigenvalue weighted by Gasteiger charge is -2.13. The standard InChI is InChI=1S/C18H19BrN2O4/c1-3-24-15-10-7-13(11-16(15)25-4-2)18(23)21-20-17(22)12-5-8-14(19)9-6-12/h5-11H,3-4H2,1-2H3,(H,20,22)(H,21,23). The van der Waals surface area contributed by atoms with Crippen LogP contribution in [0.15, 0.2) is 46.9 Å². The maximum Gasteiger partial charge on any atom is 0.269 e. The molecule has 2 rings (SSSR count). The van der Waals surface area contributed by atoms with Crippen LogP contribution in [-0.4, -0.2) is 25.0 Å². The molecule has 2 N–H and O–H groups in total. The van der Waals surface area contributed by atoms with E-state index in [2.05, 4.69) is 26.8 Å². The van der Waals surface area contributed by atoms with E-state index >= 15 is 0 Å². The predicted molar refractivity (Wildman–Crippen MR) is 97.9 cm³/mol. The molecule has 0 radical (unpaired) electrons. The van der Waals surface area contributed by atoms with Gasteiger partial charge in [-0.2, -0.15) is 0 Å². The number of hydrogen-bond donors (Lipinski definition) is 2. The zero-order chi connectivity index (χ0) is 18.2. The maximum absolute atomic E-state index is 12.2. The van der Waals surface area contributed by atoms with Crippen LogP contribution in [0.3, 0.4) is 0 Å². The van der Waals surface area contributed by atoms with E-state index < -0.39 is 11.8 Å². The molecular weight excluding hydrogens is 388 g/mol. The number of ether oxygens (including phenoxy) is 2. The van der Waals surface area contributed by atoms with E-state index in [-0.39, 0.29) is 0 Å². The average molecular weight is 407 g/mol. The molecule has 6 nitrogen and oxygen atoms in total. The van der Waals surface area contributed by atoms with Gasteiger partial charge in [0.2, 0.25) is 0 Å². The topological polar surface area (TPSA) is 76.7 Å². The Morgan fingerprint density at radius 2 is 1.36 bits per heavy atom. The van der Waals surface area contributed by atoms with Gasteiger partial charge in [-0.1, -0.05) is 15.9 Å². The summed E-state index contributed by atoms with van der Waals surface area (Å²) in [5, 5.41) is 0. The monoisotopic (exact) mass is 406 g/mol. The van der Waals surface area contributed by atoms with Gasteiger partial charge in [0, 0.05) is 15.6 Å². The van der Waals surface area contributed by atoms with Crippen LogP contribution in [0, 0.1) is 0 Å². The highest BCUT2D eigenvalue weighted by molar-refractivity contribution is 9.10. The first-order chi connectivity index (χ1) is 12.0. The Morgan fingerprint density at radius 1 is 0.840 bits per heavy atom. The highest BCUT2D eigenvalue weighted by Crippen LogP contribution is 2.28. The Kier molecular flexibility index (Phi) is 6.82. The van der Waals surface area contributed by atoms with Crippen molar-refractivity contribution in [3.8, 4) is 11.5 Å². The minimum atomic E-state index is -0.450. The van der Waals surface area contributed by atoms with Crippen molar-refractivity contribution in [2.45, 2.75) is 13.8 Å². The van der Waals surface area contributed by atoms with E-state index in [4.69, 9.17) is 9.47 Å². The second-order valence-corrected chi connectivity index (χ2v) is 5.86. The molecule has 0 aliphatic rings. The summed E-state index contributed by atoms with van der Waals surface area (Å²) in [5.74, 6) is 0.197. The minimum Gasteiger partial charge on any atom is -0.490 e. The van der Waals surface area contributed by atoms with Crippen LogP contribution in [0.25, 0.3) is 0 Å². The molecule has 0 atom stereocenters. The van der Waals surface area contributed by atoms with Gasteiger partial charge in [0.25, 0.3) is 11.8 Å². The molecule has 0 bridgehead atoms. The Morgan fingerprint density at radius 3 is 1.96 bits per heavy atom. The first-order valence-electron chi connectivity index (χ1n) is 7.81. The summed E-state index contributed by atoms with van der Waals surface area (Å²) in [4.78, 5) is 24.2.